The highest BCUT2D eigenvalue weighted by molar-refractivity contribution is 5.82. The van der Waals surface area contributed by atoms with Gasteiger partial charge >= 0.3 is 0 Å². The Morgan fingerprint density at radius 1 is 1.19 bits per heavy atom. The largest absolute Gasteiger partial charge is 0.461 e. The zero-order valence-electron chi connectivity index (χ0n) is 13.0. The van der Waals surface area contributed by atoms with Gasteiger partial charge in [-0.25, -0.2) is 0 Å². The average Bonchev–Trinajstić information content (AvgIpc) is 2.66. The molecular weight excluding hydrogens is 262 g/mol. The Morgan fingerprint density at radius 2 is 2.00 bits per heavy atom. The highest BCUT2D eigenvalue weighted by Crippen LogP contribution is 2.33. The van der Waals surface area contributed by atoms with Gasteiger partial charge in [-0.2, -0.15) is 0 Å². The van der Waals surface area contributed by atoms with E-state index in [2.05, 4.69) is 35.9 Å². The molecule has 1 saturated heterocycles. The molecular formula is C17H25N3O. The molecule has 0 saturated carbocycles. The van der Waals surface area contributed by atoms with Crippen LogP contribution < -0.4 is 5.73 Å². The maximum atomic E-state index is 6.14. The van der Waals surface area contributed by atoms with Gasteiger partial charge in [-0.15, -0.1) is 0 Å². The predicted octanol–water partition coefficient (Wildman–Crippen LogP) is 2.38. The molecule has 1 aliphatic rings. The number of rotatable bonds is 3. The average molecular weight is 287 g/mol. The monoisotopic (exact) mass is 287 g/mol. The maximum Gasteiger partial charge on any atom is 0.134 e. The van der Waals surface area contributed by atoms with Crippen LogP contribution in [0.15, 0.2) is 28.7 Å². The standard InChI is InChI=1S/C17H25N3O/c1-13-17(14-6-3-4-7-16(14)21-13)15(12-18)20-9-5-8-19(2)10-11-20/h3-4,6-7,15H,5,8-12,18H2,1-2H3. The molecule has 4 heteroatoms. The van der Waals surface area contributed by atoms with Gasteiger partial charge in [-0.1, -0.05) is 18.2 Å². The minimum absolute atomic E-state index is 0.250. The van der Waals surface area contributed by atoms with Crippen LogP contribution in [-0.2, 0) is 0 Å². The first-order valence-electron chi connectivity index (χ1n) is 7.81. The van der Waals surface area contributed by atoms with Gasteiger partial charge in [0.15, 0.2) is 0 Å². The number of fused-ring (bicyclic) bond motifs is 1. The first-order valence-corrected chi connectivity index (χ1v) is 7.81. The van der Waals surface area contributed by atoms with E-state index in [0.29, 0.717) is 6.54 Å². The van der Waals surface area contributed by atoms with E-state index in [9.17, 15) is 0 Å². The number of likely N-dealkylation sites (N-methyl/N-ethyl adjacent to an activating group) is 1. The molecule has 1 unspecified atom stereocenters. The van der Waals surface area contributed by atoms with Gasteiger partial charge in [-0.3, -0.25) is 4.90 Å². The number of furan rings is 1. The fourth-order valence-electron chi connectivity index (χ4n) is 3.43. The maximum absolute atomic E-state index is 6.14. The summed E-state index contributed by atoms with van der Waals surface area (Å²) in [6.07, 6.45) is 1.20. The highest BCUT2D eigenvalue weighted by Gasteiger charge is 2.26. The SMILES string of the molecule is Cc1oc2ccccc2c1C(CN)N1CCCN(C)CC1. The second-order valence-corrected chi connectivity index (χ2v) is 6.01. The third-order valence-corrected chi connectivity index (χ3v) is 4.57. The number of para-hydroxylation sites is 1. The number of benzene rings is 1. The minimum atomic E-state index is 0.250. The van der Waals surface area contributed by atoms with Crippen molar-refractivity contribution in [1.29, 1.82) is 0 Å². The third kappa shape index (κ3) is 2.84. The first kappa shape index (κ1) is 14.6. The highest BCUT2D eigenvalue weighted by atomic mass is 16.3. The van der Waals surface area contributed by atoms with Crippen LogP contribution in [0.2, 0.25) is 0 Å². The van der Waals surface area contributed by atoms with Gasteiger partial charge in [0.25, 0.3) is 0 Å². The van der Waals surface area contributed by atoms with Crippen molar-refractivity contribution in [2.45, 2.75) is 19.4 Å². The lowest BCUT2D eigenvalue weighted by atomic mass is 10.0. The summed E-state index contributed by atoms with van der Waals surface area (Å²) in [5.74, 6) is 1.00. The van der Waals surface area contributed by atoms with Gasteiger partial charge in [-0.05, 0) is 33.0 Å². The summed E-state index contributed by atoms with van der Waals surface area (Å²) >= 11 is 0. The molecule has 1 atom stereocenters. The normalized spacial score (nSPS) is 19.8. The summed E-state index contributed by atoms with van der Waals surface area (Å²) in [4.78, 5) is 4.92. The Morgan fingerprint density at radius 3 is 2.81 bits per heavy atom. The number of nitrogens with zero attached hydrogens (tertiary/aromatic N) is 2. The van der Waals surface area contributed by atoms with Crippen LogP contribution in [0.3, 0.4) is 0 Å². The number of hydrogen-bond donors (Lipinski definition) is 1. The molecule has 0 amide bonds. The van der Waals surface area contributed by atoms with Gasteiger partial charge in [0.1, 0.15) is 11.3 Å². The molecule has 1 aliphatic heterocycles. The van der Waals surface area contributed by atoms with E-state index in [1.165, 1.54) is 23.9 Å². The summed E-state index contributed by atoms with van der Waals surface area (Å²) in [7, 11) is 2.19. The zero-order valence-corrected chi connectivity index (χ0v) is 13.0. The van der Waals surface area contributed by atoms with Crippen molar-refractivity contribution in [2.75, 3.05) is 39.8 Å². The van der Waals surface area contributed by atoms with Crippen molar-refractivity contribution >= 4 is 11.0 Å². The molecule has 21 heavy (non-hydrogen) atoms. The first-order chi connectivity index (χ1) is 10.2. The van der Waals surface area contributed by atoms with Crippen molar-refractivity contribution in [3.63, 3.8) is 0 Å². The summed E-state index contributed by atoms with van der Waals surface area (Å²) in [5.41, 5.74) is 8.39. The van der Waals surface area contributed by atoms with Gasteiger partial charge < -0.3 is 15.1 Å². The van der Waals surface area contributed by atoms with Crippen molar-refractivity contribution in [3.05, 3.63) is 35.6 Å². The lowest BCUT2D eigenvalue weighted by molar-refractivity contribution is 0.207. The molecule has 4 nitrogen and oxygen atoms in total. The van der Waals surface area contributed by atoms with Crippen LogP contribution in [0.5, 0.6) is 0 Å². The molecule has 3 rings (SSSR count). The van der Waals surface area contributed by atoms with E-state index < -0.39 is 0 Å². The lowest BCUT2D eigenvalue weighted by Gasteiger charge is -2.29. The van der Waals surface area contributed by atoms with Crippen LogP contribution in [0.4, 0.5) is 0 Å². The molecule has 1 fully saturated rings. The molecule has 0 spiro atoms. The number of hydrogen-bond acceptors (Lipinski definition) is 4. The quantitative estimate of drug-likeness (QED) is 0.941. The molecule has 0 radical (unpaired) electrons. The third-order valence-electron chi connectivity index (χ3n) is 4.57. The predicted molar refractivity (Wildman–Crippen MR) is 86.4 cm³/mol. The second kappa shape index (κ2) is 6.18. The zero-order chi connectivity index (χ0) is 14.8. The van der Waals surface area contributed by atoms with E-state index in [1.54, 1.807) is 0 Å². The number of aryl methyl sites for hydroxylation is 1. The van der Waals surface area contributed by atoms with E-state index >= 15 is 0 Å². The Labute approximate surface area is 126 Å². The van der Waals surface area contributed by atoms with E-state index in [-0.39, 0.29) is 6.04 Å². The van der Waals surface area contributed by atoms with Crippen molar-refractivity contribution in [2.24, 2.45) is 5.73 Å². The molecule has 1 aromatic carbocycles. The molecule has 2 aromatic rings. The van der Waals surface area contributed by atoms with Crippen LogP contribution >= 0.6 is 0 Å². The Balaban J connectivity index is 1.96. The molecule has 114 valence electrons. The topological polar surface area (TPSA) is 45.6 Å². The molecule has 2 N–H and O–H groups in total. The van der Waals surface area contributed by atoms with E-state index in [1.807, 2.05) is 12.1 Å². The molecule has 0 bridgehead atoms. The molecule has 2 heterocycles. The van der Waals surface area contributed by atoms with E-state index in [4.69, 9.17) is 10.2 Å². The van der Waals surface area contributed by atoms with Gasteiger partial charge in [0.2, 0.25) is 0 Å². The van der Waals surface area contributed by atoms with Crippen LogP contribution in [-0.4, -0.2) is 49.6 Å². The van der Waals surface area contributed by atoms with E-state index in [0.717, 1.165) is 31.0 Å². The van der Waals surface area contributed by atoms with Gasteiger partial charge in [0.05, 0.1) is 6.04 Å². The molecule has 1 aromatic heterocycles. The fourth-order valence-corrected chi connectivity index (χ4v) is 3.43. The Hall–Kier alpha value is -1.36. The smallest absolute Gasteiger partial charge is 0.134 e. The lowest BCUT2D eigenvalue weighted by Crippen LogP contribution is -2.36. The van der Waals surface area contributed by atoms with Crippen molar-refractivity contribution in [1.82, 2.24) is 9.80 Å². The van der Waals surface area contributed by atoms with Crippen molar-refractivity contribution < 1.29 is 4.42 Å². The summed E-state index contributed by atoms with van der Waals surface area (Å²) < 4.78 is 5.93. The van der Waals surface area contributed by atoms with Crippen LogP contribution in [0, 0.1) is 6.92 Å². The summed E-state index contributed by atoms with van der Waals surface area (Å²) in [6.45, 7) is 7.13. The van der Waals surface area contributed by atoms with Gasteiger partial charge in [0, 0.05) is 37.1 Å². The fraction of sp³-hybridized carbons (Fsp3) is 0.529. The Bertz CT molecular complexity index is 607. The summed E-state index contributed by atoms with van der Waals surface area (Å²) in [6, 6.07) is 8.53. The van der Waals surface area contributed by atoms with Crippen LogP contribution in [0.25, 0.3) is 11.0 Å². The summed E-state index contributed by atoms with van der Waals surface area (Å²) in [5, 5.41) is 1.21. The van der Waals surface area contributed by atoms with Crippen molar-refractivity contribution in [3.8, 4) is 0 Å². The molecule has 0 aliphatic carbocycles. The van der Waals surface area contributed by atoms with Crippen LogP contribution in [0.1, 0.15) is 23.8 Å². The second-order valence-electron chi connectivity index (χ2n) is 6.01. The number of nitrogens with two attached hydrogens (primary N) is 1. The minimum Gasteiger partial charge on any atom is -0.461 e. The Kier molecular flexibility index (Phi) is 4.29.